The summed E-state index contributed by atoms with van der Waals surface area (Å²) in [6.07, 6.45) is 0.990. The molecule has 1 aromatic carbocycles. The molecule has 5 nitrogen and oxygen atoms in total. The van der Waals surface area contributed by atoms with Crippen molar-refractivity contribution in [2.75, 3.05) is 18.5 Å². The Kier molecular flexibility index (Phi) is 4.93. The monoisotopic (exact) mass is 327 g/mol. The lowest BCUT2D eigenvalue weighted by molar-refractivity contribution is -0.156. The molecular weight excluding hydrogens is 314 g/mol. The molecule has 19 heavy (non-hydrogen) atoms. The zero-order valence-corrected chi connectivity index (χ0v) is 11.8. The molecule has 0 radical (unpaired) electrons. The SMILES string of the molecule is O=C(COC(=O)[C@H]1CCCO1)Nc1ccccc1Br. The number of carbonyl (C=O) groups excluding carboxylic acids is 2. The topological polar surface area (TPSA) is 64.6 Å². The van der Waals surface area contributed by atoms with Crippen LogP contribution in [-0.4, -0.2) is 31.2 Å². The minimum atomic E-state index is -0.517. The number of anilines is 1. The number of rotatable bonds is 4. The Bertz CT molecular complexity index is 471. The lowest BCUT2D eigenvalue weighted by Crippen LogP contribution is -2.27. The summed E-state index contributed by atoms with van der Waals surface area (Å²) in [7, 11) is 0. The minimum Gasteiger partial charge on any atom is -0.454 e. The molecule has 0 bridgehead atoms. The van der Waals surface area contributed by atoms with Gasteiger partial charge in [-0.2, -0.15) is 0 Å². The third-order valence-corrected chi connectivity index (χ3v) is 3.38. The molecule has 1 aliphatic heterocycles. The lowest BCUT2D eigenvalue weighted by Gasteiger charge is -2.10. The number of nitrogens with one attached hydrogen (secondary N) is 1. The van der Waals surface area contributed by atoms with E-state index in [0.717, 1.165) is 10.9 Å². The average molecular weight is 328 g/mol. The highest BCUT2D eigenvalue weighted by atomic mass is 79.9. The number of para-hydroxylation sites is 1. The van der Waals surface area contributed by atoms with Crippen molar-refractivity contribution in [3.8, 4) is 0 Å². The van der Waals surface area contributed by atoms with Gasteiger partial charge in [-0.3, -0.25) is 4.79 Å². The molecule has 0 aromatic heterocycles. The number of carbonyl (C=O) groups is 2. The smallest absolute Gasteiger partial charge is 0.335 e. The molecule has 6 heteroatoms. The van der Waals surface area contributed by atoms with E-state index in [4.69, 9.17) is 9.47 Å². The van der Waals surface area contributed by atoms with Crippen molar-refractivity contribution < 1.29 is 19.1 Å². The van der Waals surface area contributed by atoms with E-state index in [2.05, 4.69) is 21.2 Å². The maximum Gasteiger partial charge on any atom is 0.335 e. The quantitative estimate of drug-likeness (QED) is 0.860. The number of hydrogen-bond donors (Lipinski definition) is 1. The first-order chi connectivity index (χ1) is 9.16. The summed E-state index contributed by atoms with van der Waals surface area (Å²) >= 11 is 3.32. The third-order valence-electron chi connectivity index (χ3n) is 2.69. The van der Waals surface area contributed by atoms with Crippen molar-refractivity contribution in [1.29, 1.82) is 0 Å². The largest absolute Gasteiger partial charge is 0.454 e. The number of hydrogen-bond acceptors (Lipinski definition) is 4. The normalized spacial score (nSPS) is 18.1. The Morgan fingerprint density at radius 2 is 2.21 bits per heavy atom. The van der Waals surface area contributed by atoms with E-state index in [1.165, 1.54) is 0 Å². The van der Waals surface area contributed by atoms with Gasteiger partial charge in [-0.25, -0.2) is 4.79 Å². The van der Waals surface area contributed by atoms with E-state index in [0.29, 0.717) is 18.7 Å². The molecule has 1 aromatic rings. The minimum absolute atomic E-state index is 0.306. The molecule has 1 aliphatic rings. The molecule has 1 saturated heterocycles. The lowest BCUT2D eigenvalue weighted by atomic mass is 10.2. The van der Waals surface area contributed by atoms with Crippen molar-refractivity contribution in [2.45, 2.75) is 18.9 Å². The van der Waals surface area contributed by atoms with Gasteiger partial charge in [-0.05, 0) is 40.9 Å². The van der Waals surface area contributed by atoms with Crippen molar-refractivity contribution >= 4 is 33.5 Å². The second-order valence-electron chi connectivity index (χ2n) is 4.14. The molecule has 0 spiro atoms. The van der Waals surface area contributed by atoms with Crippen LogP contribution in [0.25, 0.3) is 0 Å². The Morgan fingerprint density at radius 3 is 2.89 bits per heavy atom. The van der Waals surface area contributed by atoms with Gasteiger partial charge in [0.05, 0.1) is 5.69 Å². The summed E-state index contributed by atoms with van der Waals surface area (Å²) in [6, 6.07) is 7.22. The van der Waals surface area contributed by atoms with Crippen LogP contribution in [0.4, 0.5) is 5.69 Å². The Hall–Kier alpha value is -1.40. The van der Waals surface area contributed by atoms with Gasteiger partial charge < -0.3 is 14.8 Å². The van der Waals surface area contributed by atoms with Gasteiger partial charge in [-0.15, -0.1) is 0 Å². The summed E-state index contributed by atoms with van der Waals surface area (Å²) in [6.45, 7) is 0.267. The number of ether oxygens (including phenoxy) is 2. The number of amides is 1. The zero-order chi connectivity index (χ0) is 13.7. The van der Waals surface area contributed by atoms with Gasteiger partial charge >= 0.3 is 5.97 Å². The van der Waals surface area contributed by atoms with Gasteiger partial charge in [0.1, 0.15) is 0 Å². The second-order valence-corrected chi connectivity index (χ2v) is 4.99. The highest BCUT2D eigenvalue weighted by molar-refractivity contribution is 9.10. The summed E-state index contributed by atoms with van der Waals surface area (Å²) in [5.74, 6) is -0.849. The van der Waals surface area contributed by atoms with Gasteiger partial charge in [-0.1, -0.05) is 12.1 Å². The summed E-state index contributed by atoms with van der Waals surface area (Å²) in [5, 5.41) is 2.65. The molecule has 1 heterocycles. The summed E-state index contributed by atoms with van der Waals surface area (Å²) < 4.78 is 10.9. The molecule has 1 amide bonds. The first-order valence-electron chi connectivity index (χ1n) is 5.99. The van der Waals surface area contributed by atoms with Crippen LogP contribution in [-0.2, 0) is 19.1 Å². The van der Waals surface area contributed by atoms with Crippen molar-refractivity contribution in [3.05, 3.63) is 28.7 Å². The molecule has 0 unspecified atom stereocenters. The van der Waals surface area contributed by atoms with E-state index in [1.54, 1.807) is 12.1 Å². The average Bonchev–Trinajstić information content (AvgIpc) is 2.93. The van der Waals surface area contributed by atoms with Gasteiger partial charge in [0.15, 0.2) is 12.7 Å². The number of halogens is 1. The Balaban J connectivity index is 1.78. The van der Waals surface area contributed by atoms with Crippen molar-refractivity contribution in [2.24, 2.45) is 0 Å². The van der Waals surface area contributed by atoms with E-state index in [1.807, 2.05) is 12.1 Å². The Morgan fingerprint density at radius 1 is 1.42 bits per heavy atom. The molecule has 102 valence electrons. The molecule has 0 saturated carbocycles. The molecule has 1 atom stereocenters. The molecule has 2 rings (SSSR count). The third kappa shape index (κ3) is 4.04. The number of esters is 1. The predicted molar refractivity (Wildman–Crippen MR) is 72.7 cm³/mol. The van der Waals surface area contributed by atoms with Crippen LogP contribution in [0, 0.1) is 0 Å². The van der Waals surface area contributed by atoms with Crippen LogP contribution in [0.1, 0.15) is 12.8 Å². The molecule has 1 N–H and O–H groups in total. The molecule has 0 aliphatic carbocycles. The van der Waals surface area contributed by atoms with Gasteiger partial charge in [0.2, 0.25) is 0 Å². The first-order valence-corrected chi connectivity index (χ1v) is 6.79. The van der Waals surface area contributed by atoms with Crippen LogP contribution in [0.3, 0.4) is 0 Å². The van der Waals surface area contributed by atoms with Crippen molar-refractivity contribution in [3.63, 3.8) is 0 Å². The van der Waals surface area contributed by atoms with Gasteiger partial charge in [0.25, 0.3) is 5.91 Å². The standard InChI is InChI=1S/C13H14BrNO4/c14-9-4-1-2-5-10(9)15-12(16)8-19-13(17)11-6-3-7-18-11/h1-2,4-5,11H,3,6-8H2,(H,15,16)/t11-/m1/s1. The fraction of sp³-hybridized carbons (Fsp3) is 0.385. The zero-order valence-electron chi connectivity index (χ0n) is 10.2. The van der Waals surface area contributed by atoms with E-state index in [9.17, 15) is 9.59 Å². The van der Waals surface area contributed by atoms with Crippen LogP contribution in [0.2, 0.25) is 0 Å². The van der Waals surface area contributed by atoms with Crippen LogP contribution >= 0.6 is 15.9 Å². The number of benzene rings is 1. The predicted octanol–water partition coefficient (Wildman–Crippen LogP) is 2.11. The maximum absolute atomic E-state index is 11.6. The molecule has 1 fully saturated rings. The highest BCUT2D eigenvalue weighted by Gasteiger charge is 2.25. The second kappa shape index (κ2) is 6.68. The van der Waals surface area contributed by atoms with Crippen LogP contribution in [0.15, 0.2) is 28.7 Å². The van der Waals surface area contributed by atoms with Crippen molar-refractivity contribution in [1.82, 2.24) is 0 Å². The van der Waals surface area contributed by atoms with Crippen LogP contribution < -0.4 is 5.32 Å². The van der Waals surface area contributed by atoms with E-state index in [-0.39, 0.29) is 12.5 Å². The molecular formula is C13H14BrNO4. The van der Waals surface area contributed by atoms with Gasteiger partial charge in [0, 0.05) is 11.1 Å². The van der Waals surface area contributed by atoms with Crippen LogP contribution in [0.5, 0.6) is 0 Å². The fourth-order valence-corrected chi connectivity index (χ4v) is 2.13. The fourth-order valence-electron chi connectivity index (χ4n) is 1.74. The first kappa shape index (κ1) is 14.0. The van der Waals surface area contributed by atoms with E-state index >= 15 is 0 Å². The summed E-state index contributed by atoms with van der Waals surface area (Å²) in [4.78, 5) is 23.2. The highest BCUT2D eigenvalue weighted by Crippen LogP contribution is 2.21. The maximum atomic E-state index is 11.6. The Labute approximate surface area is 119 Å². The summed E-state index contributed by atoms with van der Waals surface area (Å²) in [5.41, 5.74) is 0.640. The van der Waals surface area contributed by atoms with E-state index < -0.39 is 12.1 Å².